The fraction of sp³-hybridized carbons (Fsp3) is 0.211. The van der Waals surface area contributed by atoms with Gasteiger partial charge in [0, 0.05) is 27.2 Å². The minimum atomic E-state index is -0.115. The predicted molar refractivity (Wildman–Crippen MR) is 93.4 cm³/mol. The number of carbonyl (C=O) groups is 1. The van der Waals surface area contributed by atoms with Gasteiger partial charge in [-0.3, -0.25) is 4.79 Å². The van der Waals surface area contributed by atoms with Crippen molar-refractivity contribution in [1.29, 1.82) is 0 Å². The molecule has 1 N–H and O–H groups in total. The highest BCUT2D eigenvalue weighted by molar-refractivity contribution is 6.31. The van der Waals surface area contributed by atoms with Crippen LogP contribution >= 0.6 is 11.6 Å². The second kappa shape index (κ2) is 6.19. The standard InChI is InChI=1S/C19H18ClNO2/c1-12(11-22)21-13(2)18(16-10-15(20)8-9-17(16)21)19(23)14-6-4-3-5-7-14/h3-10,12,22H,11H2,1-2H3. The molecule has 0 bridgehead atoms. The molecule has 3 aromatic rings. The van der Waals surface area contributed by atoms with E-state index in [0.29, 0.717) is 16.1 Å². The van der Waals surface area contributed by atoms with Crippen molar-refractivity contribution in [2.24, 2.45) is 0 Å². The lowest BCUT2D eigenvalue weighted by molar-refractivity contribution is 0.103. The number of aromatic nitrogens is 1. The highest BCUT2D eigenvalue weighted by atomic mass is 35.5. The summed E-state index contributed by atoms with van der Waals surface area (Å²) in [6.45, 7) is 3.85. The zero-order chi connectivity index (χ0) is 16.6. The molecule has 3 nitrogen and oxygen atoms in total. The monoisotopic (exact) mass is 327 g/mol. The minimum absolute atomic E-state index is 0.00616. The van der Waals surface area contributed by atoms with Gasteiger partial charge in [-0.25, -0.2) is 0 Å². The van der Waals surface area contributed by atoms with E-state index >= 15 is 0 Å². The lowest BCUT2D eigenvalue weighted by Crippen LogP contribution is -2.12. The van der Waals surface area contributed by atoms with Crippen LogP contribution in [-0.4, -0.2) is 22.1 Å². The highest BCUT2D eigenvalue weighted by Gasteiger charge is 2.23. The molecule has 0 saturated heterocycles. The molecule has 0 radical (unpaired) electrons. The molecule has 1 aromatic heterocycles. The van der Waals surface area contributed by atoms with Crippen molar-refractivity contribution in [2.75, 3.05) is 6.61 Å². The minimum Gasteiger partial charge on any atom is -0.394 e. The number of benzene rings is 2. The number of rotatable bonds is 4. The maximum absolute atomic E-state index is 13.0. The van der Waals surface area contributed by atoms with Crippen LogP contribution in [0.15, 0.2) is 48.5 Å². The van der Waals surface area contributed by atoms with Crippen LogP contribution in [0.4, 0.5) is 0 Å². The molecule has 0 spiro atoms. The molecule has 0 aliphatic heterocycles. The summed E-state index contributed by atoms with van der Waals surface area (Å²) in [5.41, 5.74) is 3.05. The first-order chi connectivity index (χ1) is 11.0. The Morgan fingerprint density at radius 1 is 1.22 bits per heavy atom. The summed E-state index contributed by atoms with van der Waals surface area (Å²) in [4.78, 5) is 13.0. The number of nitrogens with zero attached hydrogens (tertiary/aromatic N) is 1. The van der Waals surface area contributed by atoms with Crippen LogP contribution in [0.2, 0.25) is 5.02 Å². The van der Waals surface area contributed by atoms with Gasteiger partial charge in [-0.2, -0.15) is 0 Å². The molecule has 3 rings (SSSR count). The fourth-order valence-corrected chi connectivity index (χ4v) is 3.26. The Labute approximate surface area is 140 Å². The molecule has 0 saturated carbocycles. The molecule has 1 unspecified atom stereocenters. The Balaban J connectivity index is 2.30. The maximum atomic E-state index is 13.0. The van der Waals surface area contributed by atoms with Crippen LogP contribution in [-0.2, 0) is 0 Å². The van der Waals surface area contributed by atoms with Gasteiger partial charge in [-0.05, 0) is 32.0 Å². The normalized spacial score (nSPS) is 12.5. The van der Waals surface area contributed by atoms with Crippen molar-refractivity contribution in [3.63, 3.8) is 0 Å². The van der Waals surface area contributed by atoms with Crippen molar-refractivity contribution in [3.05, 3.63) is 70.4 Å². The molecule has 118 valence electrons. The van der Waals surface area contributed by atoms with Crippen LogP contribution in [0.1, 0.15) is 34.6 Å². The van der Waals surface area contributed by atoms with Gasteiger partial charge in [-0.1, -0.05) is 41.9 Å². The summed E-state index contributed by atoms with van der Waals surface area (Å²) in [7, 11) is 0. The topological polar surface area (TPSA) is 42.2 Å². The lowest BCUT2D eigenvalue weighted by Gasteiger charge is -2.15. The SMILES string of the molecule is Cc1c(C(=O)c2ccccc2)c2cc(Cl)ccc2n1C(C)CO. The zero-order valence-corrected chi connectivity index (χ0v) is 13.8. The largest absolute Gasteiger partial charge is 0.394 e. The van der Waals surface area contributed by atoms with Crippen LogP contribution in [0.3, 0.4) is 0 Å². The number of halogens is 1. The number of hydrogen-bond donors (Lipinski definition) is 1. The van der Waals surface area contributed by atoms with Crippen LogP contribution < -0.4 is 0 Å². The first-order valence-electron chi connectivity index (χ1n) is 7.55. The van der Waals surface area contributed by atoms with E-state index in [9.17, 15) is 9.90 Å². The number of aliphatic hydroxyl groups is 1. The molecule has 23 heavy (non-hydrogen) atoms. The molecule has 0 aliphatic carbocycles. The molecular weight excluding hydrogens is 310 g/mol. The van der Waals surface area contributed by atoms with E-state index in [0.717, 1.165) is 16.6 Å². The van der Waals surface area contributed by atoms with Gasteiger partial charge in [0.05, 0.1) is 18.2 Å². The van der Waals surface area contributed by atoms with Gasteiger partial charge in [0.2, 0.25) is 0 Å². The second-order valence-electron chi connectivity index (χ2n) is 5.72. The smallest absolute Gasteiger partial charge is 0.195 e. The Hall–Kier alpha value is -2.10. The summed E-state index contributed by atoms with van der Waals surface area (Å²) in [5, 5.41) is 11.0. The molecule has 0 aliphatic rings. The van der Waals surface area contributed by atoms with E-state index in [2.05, 4.69) is 0 Å². The third-order valence-electron chi connectivity index (χ3n) is 4.18. The van der Waals surface area contributed by atoms with Crippen LogP contribution in [0.5, 0.6) is 0 Å². The van der Waals surface area contributed by atoms with Gasteiger partial charge in [0.1, 0.15) is 0 Å². The first-order valence-corrected chi connectivity index (χ1v) is 7.93. The maximum Gasteiger partial charge on any atom is 0.195 e. The summed E-state index contributed by atoms with van der Waals surface area (Å²) in [6.07, 6.45) is 0. The zero-order valence-electron chi connectivity index (χ0n) is 13.1. The van der Waals surface area contributed by atoms with E-state index in [4.69, 9.17) is 11.6 Å². The van der Waals surface area contributed by atoms with Crippen molar-refractivity contribution in [1.82, 2.24) is 4.57 Å². The van der Waals surface area contributed by atoms with Crippen molar-refractivity contribution >= 4 is 28.3 Å². The van der Waals surface area contributed by atoms with Crippen molar-refractivity contribution in [3.8, 4) is 0 Å². The number of fused-ring (bicyclic) bond motifs is 1. The average Bonchev–Trinajstić information content (AvgIpc) is 2.85. The molecule has 0 amide bonds. The Kier molecular flexibility index (Phi) is 4.24. The molecule has 1 atom stereocenters. The molecule has 2 aromatic carbocycles. The third-order valence-corrected chi connectivity index (χ3v) is 4.41. The summed E-state index contributed by atoms with van der Waals surface area (Å²) >= 11 is 6.15. The fourth-order valence-electron chi connectivity index (χ4n) is 3.08. The number of ketones is 1. The van der Waals surface area contributed by atoms with Gasteiger partial charge >= 0.3 is 0 Å². The van der Waals surface area contributed by atoms with E-state index in [1.54, 1.807) is 6.07 Å². The van der Waals surface area contributed by atoms with Crippen molar-refractivity contribution < 1.29 is 9.90 Å². The van der Waals surface area contributed by atoms with Gasteiger partial charge in [0.25, 0.3) is 0 Å². The number of hydrogen-bond acceptors (Lipinski definition) is 2. The lowest BCUT2D eigenvalue weighted by atomic mass is 10.0. The summed E-state index contributed by atoms with van der Waals surface area (Å²) in [5.74, 6) is -0.0285. The van der Waals surface area contributed by atoms with Crippen molar-refractivity contribution in [2.45, 2.75) is 19.9 Å². The quantitative estimate of drug-likeness (QED) is 0.722. The third kappa shape index (κ3) is 2.67. The van der Waals surface area contributed by atoms with E-state index in [1.165, 1.54) is 0 Å². The highest BCUT2D eigenvalue weighted by Crippen LogP contribution is 2.32. The Morgan fingerprint density at radius 3 is 2.57 bits per heavy atom. The predicted octanol–water partition coefficient (Wildman–Crippen LogP) is 4.39. The Morgan fingerprint density at radius 2 is 1.91 bits per heavy atom. The average molecular weight is 328 g/mol. The van der Waals surface area contributed by atoms with Crippen LogP contribution in [0.25, 0.3) is 10.9 Å². The summed E-state index contributed by atoms with van der Waals surface area (Å²) < 4.78 is 2.00. The van der Waals surface area contributed by atoms with E-state index < -0.39 is 0 Å². The second-order valence-corrected chi connectivity index (χ2v) is 6.16. The van der Waals surface area contributed by atoms with E-state index in [-0.39, 0.29) is 18.4 Å². The number of aliphatic hydroxyl groups excluding tert-OH is 1. The van der Waals surface area contributed by atoms with Gasteiger partial charge < -0.3 is 9.67 Å². The molecule has 1 heterocycles. The Bertz CT molecular complexity index is 868. The van der Waals surface area contributed by atoms with Gasteiger partial charge in [-0.15, -0.1) is 0 Å². The number of carbonyl (C=O) groups excluding carboxylic acids is 1. The van der Waals surface area contributed by atoms with E-state index in [1.807, 2.05) is 60.9 Å². The van der Waals surface area contributed by atoms with Crippen LogP contribution in [0, 0.1) is 6.92 Å². The van der Waals surface area contributed by atoms with Gasteiger partial charge in [0.15, 0.2) is 5.78 Å². The molecule has 4 heteroatoms. The molecule has 0 fully saturated rings. The molecular formula is C19H18ClNO2. The summed E-state index contributed by atoms with van der Waals surface area (Å²) in [6, 6.07) is 14.6. The first kappa shape index (κ1) is 15.8.